The molecule has 0 aromatic heterocycles. The Morgan fingerprint density at radius 3 is 2.28 bits per heavy atom. The number of hydrogen-bond acceptors (Lipinski definition) is 4. The highest BCUT2D eigenvalue weighted by Crippen LogP contribution is 2.34. The van der Waals surface area contributed by atoms with E-state index in [-0.39, 0.29) is 11.9 Å². The fourth-order valence-corrected chi connectivity index (χ4v) is 3.47. The van der Waals surface area contributed by atoms with Gasteiger partial charge in [-0.25, -0.2) is 4.79 Å². The third kappa shape index (κ3) is 5.28. The smallest absolute Gasteiger partial charge is 0.412 e. The van der Waals surface area contributed by atoms with Crippen LogP contribution >= 0.6 is 0 Å². The second kappa shape index (κ2) is 8.55. The third-order valence-corrected chi connectivity index (χ3v) is 4.79. The van der Waals surface area contributed by atoms with Crippen molar-refractivity contribution in [2.75, 3.05) is 19.0 Å². The SMILES string of the molecule is COc1ccc(C2CCCN2C(=O)c2ccc(NC(=O)OC(C)(C)C)cc2)cc1. The average Bonchev–Trinajstić information content (AvgIpc) is 3.16. The first-order valence-electron chi connectivity index (χ1n) is 9.82. The molecule has 154 valence electrons. The van der Waals surface area contributed by atoms with Gasteiger partial charge in [0.1, 0.15) is 11.4 Å². The Kier molecular flexibility index (Phi) is 6.11. The largest absolute Gasteiger partial charge is 0.497 e. The topological polar surface area (TPSA) is 67.9 Å². The van der Waals surface area contributed by atoms with Gasteiger partial charge in [-0.05, 0) is 75.6 Å². The molecule has 1 aliphatic rings. The molecular formula is C23H28N2O4. The van der Waals surface area contributed by atoms with E-state index in [9.17, 15) is 9.59 Å². The molecule has 2 aromatic carbocycles. The van der Waals surface area contributed by atoms with Gasteiger partial charge in [0.05, 0.1) is 13.2 Å². The highest BCUT2D eigenvalue weighted by molar-refractivity contribution is 5.95. The van der Waals surface area contributed by atoms with Gasteiger partial charge in [0.2, 0.25) is 0 Å². The monoisotopic (exact) mass is 396 g/mol. The zero-order valence-corrected chi connectivity index (χ0v) is 17.4. The molecule has 1 heterocycles. The molecule has 0 aliphatic carbocycles. The summed E-state index contributed by atoms with van der Waals surface area (Å²) in [6, 6.07) is 14.8. The van der Waals surface area contributed by atoms with Gasteiger partial charge in [-0.2, -0.15) is 0 Å². The molecule has 1 saturated heterocycles. The van der Waals surface area contributed by atoms with E-state index in [1.54, 1.807) is 31.4 Å². The summed E-state index contributed by atoms with van der Waals surface area (Å²) in [6.45, 7) is 6.16. The van der Waals surface area contributed by atoms with E-state index in [1.807, 2.05) is 49.9 Å². The minimum Gasteiger partial charge on any atom is -0.497 e. The lowest BCUT2D eigenvalue weighted by atomic mass is 10.0. The summed E-state index contributed by atoms with van der Waals surface area (Å²) in [6.07, 6.45) is 1.40. The predicted molar refractivity (Wildman–Crippen MR) is 112 cm³/mol. The van der Waals surface area contributed by atoms with E-state index >= 15 is 0 Å². The first-order chi connectivity index (χ1) is 13.8. The van der Waals surface area contributed by atoms with Crippen LogP contribution in [0.2, 0.25) is 0 Å². The molecule has 2 amide bonds. The van der Waals surface area contributed by atoms with Crippen molar-refractivity contribution in [3.63, 3.8) is 0 Å². The fourth-order valence-electron chi connectivity index (χ4n) is 3.47. The lowest BCUT2D eigenvalue weighted by Gasteiger charge is -2.25. The molecule has 0 bridgehead atoms. The van der Waals surface area contributed by atoms with Crippen LogP contribution in [0.3, 0.4) is 0 Å². The minimum atomic E-state index is -0.563. The summed E-state index contributed by atoms with van der Waals surface area (Å²) in [5.41, 5.74) is 1.73. The number of amides is 2. The number of likely N-dealkylation sites (tertiary alicyclic amines) is 1. The summed E-state index contributed by atoms with van der Waals surface area (Å²) < 4.78 is 10.5. The first kappa shape index (κ1) is 20.7. The van der Waals surface area contributed by atoms with Crippen molar-refractivity contribution in [3.8, 4) is 5.75 Å². The summed E-state index contributed by atoms with van der Waals surface area (Å²) in [4.78, 5) is 26.9. The summed E-state index contributed by atoms with van der Waals surface area (Å²) in [5, 5.41) is 2.68. The first-order valence-corrected chi connectivity index (χ1v) is 9.82. The maximum atomic E-state index is 13.1. The molecule has 6 nitrogen and oxygen atoms in total. The molecule has 3 rings (SSSR count). The third-order valence-electron chi connectivity index (χ3n) is 4.79. The van der Waals surface area contributed by atoms with Gasteiger partial charge in [-0.15, -0.1) is 0 Å². The molecule has 6 heteroatoms. The zero-order valence-electron chi connectivity index (χ0n) is 17.4. The fraction of sp³-hybridized carbons (Fsp3) is 0.391. The van der Waals surface area contributed by atoms with Crippen molar-refractivity contribution in [1.29, 1.82) is 0 Å². The van der Waals surface area contributed by atoms with Crippen molar-refractivity contribution in [2.45, 2.75) is 45.3 Å². The van der Waals surface area contributed by atoms with E-state index in [1.165, 1.54) is 0 Å². The second-order valence-corrected chi connectivity index (χ2v) is 8.13. The van der Waals surface area contributed by atoms with Crippen molar-refractivity contribution in [3.05, 3.63) is 59.7 Å². The lowest BCUT2D eigenvalue weighted by molar-refractivity contribution is 0.0635. The summed E-state index contributed by atoms with van der Waals surface area (Å²) in [5.74, 6) is 0.796. The van der Waals surface area contributed by atoms with E-state index < -0.39 is 11.7 Å². The van der Waals surface area contributed by atoms with Gasteiger partial charge >= 0.3 is 6.09 Å². The van der Waals surface area contributed by atoms with Gasteiger partial charge < -0.3 is 14.4 Å². The van der Waals surface area contributed by atoms with Gasteiger partial charge in [-0.1, -0.05) is 12.1 Å². The normalized spacial score (nSPS) is 16.4. The molecule has 1 aliphatic heterocycles. The van der Waals surface area contributed by atoms with Crippen LogP contribution in [-0.2, 0) is 4.74 Å². The standard InChI is InChI=1S/C23H28N2O4/c1-23(2,3)29-22(27)24-18-11-7-17(8-12-18)21(26)25-15-5-6-20(25)16-9-13-19(28-4)14-10-16/h7-14,20H,5-6,15H2,1-4H3,(H,24,27). The average molecular weight is 396 g/mol. The Bertz CT molecular complexity index is 854. The van der Waals surface area contributed by atoms with Crippen molar-refractivity contribution < 1.29 is 19.1 Å². The number of benzene rings is 2. The van der Waals surface area contributed by atoms with E-state index in [0.717, 1.165) is 30.7 Å². The van der Waals surface area contributed by atoms with Crippen molar-refractivity contribution in [1.82, 2.24) is 4.90 Å². The van der Waals surface area contributed by atoms with E-state index in [0.29, 0.717) is 11.3 Å². The van der Waals surface area contributed by atoms with Crippen LogP contribution in [0.5, 0.6) is 5.75 Å². The van der Waals surface area contributed by atoms with Crippen LogP contribution in [0.25, 0.3) is 0 Å². The number of methoxy groups -OCH3 is 1. The molecule has 2 aromatic rings. The number of nitrogens with one attached hydrogen (secondary N) is 1. The van der Waals surface area contributed by atoms with Crippen LogP contribution in [0.4, 0.5) is 10.5 Å². The van der Waals surface area contributed by atoms with Gasteiger partial charge in [-0.3, -0.25) is 10.1 Å². The molecule has 1 unspecified atom stereocenters. The number of hydrogen-bond donors (Lipinski definition) is 1. The Labute approximate surface area is 171 Å². The quantitative estimate of drug-likeness (QED) is 0.788. The molecule has 1 fully saturated rings. The Morgan fingerprint density at radius 1 is 1.03 bits per heavy atom. The van der Waals surface area contributed by atoms with Gasteiger partial charge in [0.15, 0.2) is 0 Å². The van der Waals surface area contributed by atoms with Crippen molar-refractivity contribution >= 4 is 17.7 Å². The maximum absolute atomic E-state index is 13.1. The van der Waals surface area contributed by atoms with Crippen molar-refractivity contribution in [2.24, 2.45) is 0 Å². The number of carbonyl (C=O) groups excluding carboxylic acids is 2. The second-order valence-electron chi connectivity index (χ2n) is 8.13. The van der Waals surface area contributed by atoms with Gasteiger partial charge in [0, 0.05) is 17.8 Å². The molecule has 1 N–H and O–H groups in total. The number of rotatable bonds is 4. The molecule has 0 saturated carbocycles. The van der Waals surface area contributed by atoms with E-state index in [2.05, 4.69) is 5.32 Å². The van der Waals surface area contributed by atoms with Crippen LogP contribution < -0.4 is 10.1 Å². The Morgan fingerprint density at radius 2 is 1.69 bits per heavy atom. The summed E-state index contributed by atoms with van der Waals surface area (Å²) in [7, 11) is 1.64. The van der Waals surface area contributed by atoms with Crippen LogP contribution in [0.1, 0.15) is 55.6 Å². The lowest BCUT2D eigenvalue weighted by Crippen LogP contribution is -2.30. The highest BCUT2D eigenvalue weighted by atomic mass is 16.6. The Balaban J connectivity index is 1.68. The molecule has 0 radical (unpaired) electrons. The number of anilines is 1. The zero-order chi connectivity index (χ0) is 21.0. The number of carbonyl (C=O) groups is 2. The van der Waals surface area contributed by atoms with Crippen LogP contribution in [0.15, 0.2) is 48.5 Å². The molecule has 0 spiro atoms. The number of ether oxygens (including phenoxy) is 2. The molecule has 1 atom stereocenters. The maximum Gasteiger partial charge on any atom is 0.412 e. The van der Waals surface area contributed by atoms with Crippen LogP contribution in [-0.4, -0.2) is 36.2 Å². The molecule has 29 heavy (non-hydrogen) atoms. The summed E-state index contributed by atoms with van der Waals surface area (Å²) >= 11 is 0. The molecular weight excluding hydrogens is 368 g/mol. The van der Waals surface area contributed by atoms with Gasteiger partial charge in [0.25, 0.3) is 5.91 Å². The number of nitrogens with zero attached hydrogens (tertiary/aromatic N) is 1. The predicted octanol–water partition coefficient (Wildman–Crippen LogP) is 5.02. The van der Waals surface area contributed by atoms with E-state index in [4.69, 9.17) is 9.47 Å². The van der Waals surface area contributed by atoms with Crippen LogP contribution in [0, 0.1) is 0 Å². The minimum absolute atomic E-state index is 0.00728. The highest BCUT2D eigenvalue weighted by Gasteiger charge is 2.30. The Hall–Kier alpha value is -3.02.